The van der Waals surface area contributed by atoms with E-state index in [2.05, 4.69) is 5.32 Å². The monoisotopic (exact) mass is 400 g/mol. The van der Waals surface area contributed by atoms with Gasteiger partial charge in [0, 0.05) is 7.05 Å². The van der Waals surface area contributed by atoms with E-state index in [1.54, 1.807) is 31.2 Å². The van der Waals surface area contributed by atoms with Gasteiger partial charge in [-0.05, 0) is 47.5 Å². The number of carbonyl (C=O) groups is 1. The fourth-order valence-corrected chi connectivity index (χ4v) is 4.08. The van der Waals surface area contributed by atoms with E-state index in [4.69, 9.17) is 0 Å². The summed E-state index contributed by atoms with van der Waals surface area (Å²) < 4.78 is 39.6. The third-order valence-electron chi connectivity index (χ3n) is 4.54. The van der Waals surface area contributed by atoms with Crippen LogP contribution < -0.4 is 5.32 Å². The van der Waals surface area contributed by atoms with Gasteiger partial charge in [0.25, 0.3) is 0 Å². The second-order valence-corrected chi connectivity index (χ2v) is 8.66. The maximum Gasteiger partial charge on any atom is 0.243 e. The summed E-state index contributed by atoms with van der Waals surface area (Å²) in [5.74, 6) is -0.799. The highest BCUT2D eigenvalue weighted by Gasteiger charge is 2.24. The van der Waals surface area contributed by atoms with Crippen LogP contribution in [0.3, 0.4) is 0 Å². The number of carbonyl (C=O) groups excluding carboxylic acids is 1. The number of benzene rings is 3. The van der Waals surface area contributed by atoms with Crippen LogP contribution in [0.5, 0.6) is 0 Å². The van der Waals surface area contributed by atoms with Gasteiger partial charge in [-0.1, -0.05) is 42.5 Å². The number of hydrogen-bond acceptors (Lipinski definition) is 3. The maximum atomic E-state index is 13.0. The quantitative estimate of drug-likeness (QED) is 0.689. The Hall–Kier alpha value is -2.77. The lowest BCUT2D eigenvalue weighted by molar-refractivity contribution is -0.121. The SMILES string of the molecule is CC(NC(=O)CN(C)S(=O)(=O)c1ccc2ccccc2c1)c1ccc(F)cc1. The maximum absolute atomic E-state index is 13.0. The van der Waals surface area contributed by atoms with Gasteiger partial charge in [-0.2, -0.15) is 4.31 Å². The van der Waals surface area contributed by atoms with E-state index in [9.17, 15) is 17.6 Å². The zero-order valence-corrected chi connectivity index (χ0v) is 16.4. The van der Waals surface area contributed by atoms with E-state index in [0.29, 0.717) is 0 Å². The smallest absolute Gasteiger partial charge is 0.243 e. The molecule has 146 valence electrons. The van der Waals surface area contributed by atoms with Crippen molar-refractivity contribution in [3.63, 3.8) is 0 Å². The molecule has 3 aromatic carbocycles. The molecule has 3 aromatic rings. The highest BCUT2D eigenvalue weighted by Crippen LogP contribution is 2.21. The summed E-state index contributed by atoms with van der Waals surface area (Å²) in [6, 6.07) is 17.8. The number of rotatable bonds is 6. The number of hydrogen-bond donors (Lipinski definition) is 1. The molecule has 7 heteroatoms. The van der Waals surface area contributed by atoms with Crippen LogP contribution in [0, 0.1) is 5.82 Å². The van der Waals surface area contributed by atoms with Gasteiger partial charge in [-0.25, -0.2) is 12.8 Å². The standard InChI is InChI=1S/C21H21FN2O3S/c1-15(16-7-10-19(22)11-8-16)23-21(25)14-24(2)28(26,27)20-12-9-17-5-3-4-6-18(17)13-20/h3-13,15H,14H2,1-2H3,(H,23,25). The Kier molecular flexibility index (Phi) is 5.76. The van der Waals surface area contributed by atoms with Gasteiger partial charge in [0.1, 0.15) is 5.82 Å². The molecule has 0 fully saturated rings. The van der Waals surface area contributed by atoms with E-state index >= 15 is 0 Å². The van der Waals surface area contributed by atoms with Crippen molar-refractivity contribution in [2.45, 2.75) is 17.9 Å². The molecule has 0 radical (unpaired) electrons. The van der Waals surface area contributed by atoms with Crippen LogP contribution in [0.1, 0.15) is 18.5 Å². The molecule has 1 amide bonds. The van der Waals surface area contributed by atoms with E-state index in [1.165, 1.54) is 25.2 Å². The summed E-state index contributed by atoms with van der Waals surface area (Å²) in [7, 11) is -2.44. The lowest BCUT2D eigenvalue weighted by atomic mass is 10.1. The van der Waals surface area contributed by atoms with Gasteiger partial charge in [0.2, 0.25) is 15.9 Å². The third-order valence-corrected chi connectivity index (χ3v) is 6.34. The molecule has 1 unspecified atom stereocenters. The van der Waals surface area contributed by atoms with Crippen molar-refractivity contribution in [2.24, 2.45) is 0 Å². The Morgan fingerprint density at radius 2 is 1.68 bits per heavy atom. The van der Waals surface area contributed by atoms with Crippen LogP contribution >= 0.6 is 0 Å². The Balaban J connectivity index is 1.70. The van der Waals surface area contributed by atoms with Crippen molar-refractivity contribution in [3.05, 3.63) is 78.1 Å². The zero-order chi connectivity index (χ0) is 20.3. The average molecular weight is 400 g/mol. The zero-order valence-electron chi connectivity index (χ0n) is 15.6. The Labute approximate surface area is 163 Å². The van der Waals surface area contributed by atoms with Crippen molar-refractivity contribution < 1.29 is 17.6 Å². The van der Waals surface area contributed by atoms with Crippen LogP contribution in [-0.2, 0) is 14.8 Å². The van der Waals surface area contributed by atoms with Crippen molar-refractivity contribution in [2.75, 3.05) is 13.6 Å². The molecule has 3 rings (SSSR count). The minimum absolute atomic E-state index is 0.132. The molecule has 0 bridgehead atoms. The number of nitrogens with zero attached hydrogens (tertiary/aromatic N) is 1. The average Bonchev–Trinajstić information content (AvgIpc) is 2.67. The first-order chi connectivity index (χ1) is 13.3. The van der Waals surface area contributed by atoms with Crippen LogP contribution in [0.15, 0.2) is 71.6 Å². The van der Waals surface area contributed by atoms with Crippen molar-refractivity contribution >= 4 is 26.7 Å². The lowest BCUT2D eigenvalue weighted by Crippen LogP contribution is -2.39. The molecular weight excluding hydrogens is 379 g/mol. The number of amides is 1. The van der Waals surface area contributed by atoms with Gasteiger partial charge >= 0.3 is 0 Å². The minimum atomic E-state index is -3.81. The second kappa shape index (κ2) is 8.08. The largest absolute Gasteiger partial charge is 0.348 e. The molecule has 0 aliphatic heterocycles. The number of halogens is 1. The van der Waals surface area contributed by atoms with Gasteiger partial charge in [0.05, 0.1) is 17.5 Å². The third kappa shape index (κ3) is 4.37. The molecule has 28 heavy (non-hydrogen) atoms. The molecule has 1 atom stereocenters. The van der Waals surface area contributed by atoms with E-state index < -0.39 is 15.9 Å². The van der Waals surface area contributed by atoms with Crippen LogP contribution in [0.2, 0.25) is 0 Å². The first-order valence-corrected chi connectivity index (χ1v) is 10.2. The predicted molar refractivity (Wildman–Crippen MR) is 107 cm³/mol. The fourth-order valence-electron chi connectivity index (χ4n) is 2.92. The summed E-state index contributed by atoms with van der Waals surface area (Å²) in [5, 5.41) is 4.48. The fraction of sp³-hybridized carbons (Fsp3) is 0.190. The Morgan fingerprint density at radius 1 is 1.04 bits per heavy atom. The highest BCUT2D eigenvalue weighted by molar-refractivity contribution is 7.89. The van der Waals surface area contributed by atoms with Crippen LogP contribution in [-0.4, -0.2) is 32.2 Å². The van der Waals surface area contributed by atoms with Crippen LogP contribution in [0.4, 0.5) is 4.39 Å². The summed E-state index contributed by atoms with van der Waals surface area (Å²) in [6.07, 6.45) is 0. The van der Waals surface area contributed by atoms with E-state index in [0.717, 1.165) is 20.6 Å². The molecule has 5 nitrogen and oxygen atoms in total. The number of sulfonamides is 1. The van der Waals surface area contributed by atoms with E-state index in [1.807, 2.05) is 24.3 Å². The summed E-state index contributed by atoms with van der Waals surface area (Å²) in [4.78, 5) is 12.4. The van der Waals surface area contributed by atoms with Crippen molar-refractivity contribution in [1.29, 1.82) is 0 Å². The summed E-state index contributed by atoms with van der Waals surface area (Å²) >= 11 is 0. The molecule has 0 aliphatic carbocycles. The van der Waals surface area contributed by atoms with Gasteiger partial charge in [0.15, 0.2) is 0 Å². The summed E-state index contributed by atoms with van der Waals surface area (Å²) in [5.41, 5.74) is 0.731. The van der Waals surface area contributed by atoms with Crippen molar-refractivity contribution in [1.82, 2.24) is 9.62 Å². The molecule has 0 saturated heterocycles. The lowest BCUT2D eigenvalue weighted by Gasteiger charge is -2.19. The Bertz CT molecular complexity index is 1100. The Morgan fingerprint density at radius 3 is 2.36 bits per heavy atom. The molecular formula is C21H21FN2O3S. The molecule has 0 aromatic heterocycles. The normalized spacial score (nSPS) is 12.9. The predicted octanol–water partition coefficient (Wildman–Crippen LogP) is 3.48. The molecule has 0 spiro atoms. The van der Waals surface area contributed by atoms with Crippen molar-refractivity contribution in [3.8, 4) is 0 Å². The van der Waals surface area contributed by atoms with Gasteiger partial charge < -0.3 is 5.32 Å². The molecule has 1 N–H and O–H groups in total. The number of fused-ring (bicyclic) bond motifs is 1. The van der Waals surface area contributed by atoms with E-state index in [-0.39, 0.29) is 23.3 Å². The number of nitrogens with one attached hydrogen (secondary N) is 1. The van der Waals surface area contributed by atoms with Gasteiger partial charge in [-0.3, -0.25) is 4.79 Å². The first-order valence-electron chi connectivity index (χ1n) is 8.77. The topological polar surface area (TPSA) is 66.5 Å². The number of likely N-dealkylation sites (N-methyl/N-ethyl adjacent to an activating group) is 1. The van der Waals surface area contributed by atoms with Crippen LogP contribution in [0.25, 0.3) is 10.8 Å². The summed E-state index contributed by atoms with van der Waals surface area (Å²) in [6.45, 7) is 1.43. The minimum Gasteiger partial charge on any atom is -0.348 e. The van der Waals surface area contributed by atoms with Gasteiger partial charge in [-0.15, -0.1) is 0 Å². The second-order valence-electron chi connectivity index (χ2n) is 6.61. The molecule has 0 aliphatic rings. The molecule has 0 saturated carbocycles. The highest BCUT2D eigenvalue weighted by atomic mass is 32.2. The first kappa shape index (κ1) is 20.0. The molecule has 0 heterocycles.